The van der Waals surface area contributed by atoms with Crippen molar-refractivity contribution in [1.82, 2.24) is 5.32 Å². The number of carbonyl (C=O) groups excluding carboxylic acids is 1. The third-order valence-corrected chi connectivity index (χ3v) is 4.81. The van der Waals surface area contributed by atoms with Gasteiger partial charge in [-0.3, -0.25) is 4.79 Å². The summed E-state index contributed by atoms with van der Waals surface area (Å²) in [7, 11) is 0. The molecule has 0 spiro atoms. The zero-order valence-corrected chi connectivity index (χ0v) is 16.1. The second-order valence-electron chi connectivity index (χ2n) is 6.83. The second kappa shape index (κ2) is 8.19. The number of rotatable bonds is 6. The molecule has 134 valence electrons. The molecule has 2 aromatic rings. The first-order valence-corrected chi connectivity index (χ1v) is 8.93. The Morgan fingerprint density at radius 3 is 2.12 bits per heavy atom. The third-order valence-electron chi connectivity index (χ3n) is 4.81. The molecule has 0 fully saturated rings. The number of aryl methyl sites for hydroxylation is 4. The standard InChI is InChI=1S/C22H29NO2/c1-7-21(25-20-11-9-15(3)17(5)13-20)22(24)23-18(6)19-10-8-14(2)16(4)12-19/h8-13,18,21H,7H2,1-6H3,(H,23,24)/t18-,21-/m1/s1. The first kappa shape index (κ1) is 19.0. The highest BCUT2D eigenvalue weighted by atomic mass is 16.5. The van der Waals surface area contributed by atoms with Crippen LogP contribution in [0.1, 0.15) is 54.1 Å². The quantitative estimate of drug-likeness (QED) is 0.808. The minimum Gasteiger partial charge on any atom is -0.481 e. The molecule has 0 unspecified atom stereocenters. The minimum absolute atomic E-state index is 0.0517. The van der Waals surface area contributed by atoms with Crippen molar-refractivity contribution in [2.75, 3.05) is 0 Å². The first-order chi connectivity index (χ1) is 11.8. The predicted molar refractivity (Wildman–Crippen MR) is 103 cm³/mol. The smallest absolute Gasteiger partial charge is 0.261 e. The van der Waals surface area contributed by atoms with E-state index in [1.165, 1.54) is 16.7 Å². The van der Waals surface area contributed by atoms with Gasteiger partial charge in [-0.25, -0.2) is 0 Å². The normalized spacial score (nSPS) is 13.2. The third kappa shape index (κ3) is 4.85. The molecule has 2 rings (SSSR count). The van der Waals surface area contributed by atoms with Crippen LogP contribution < -0.4 is 10.1 Å². The molecule has 2 aromatic carbocycles. The fourth-order valence-electron chi connectivity index (χ4n) is 2.70. The Morgan fingerprint density at radius 2 is 1.56 bits per heavy atom. The SMILES string of the molecule is CC[C@@H](Oc1ccc(C)c(C)c1)C(=O)N[C@H](C)c1ccc(C)c(C)c1. The van der Waals surface area contributed by atoms with Gasteiger partial charge in [-0.05, 0) is 81.0 Å². The second-order valence-corrected chi connectivity index (χ2v) is 6.83. The summed E-state index contributed by atoms with van der Waals surface area (Å²) in [5, 5.41) is 3.08. The molecule has 0 aliphatic heterocycles. The Kier molecular flexibility index (Phi) is 6.24. The van der Waals surface area contributed by atoms with E-state index < -0.39 is 6.10 Å². The van der Waals surface area contributed by atoms with Gasteiger partial charge in [0, 0.05) is 0 Å². The van der Waals surface area contributed by atoms with Gasteiger partial charge in [0.2, 0.25) is 0 Å². The maximum Gasteiger partial charge on any atom is 0.261 e. The molecule has 3 heteroatoms. The van der Waals surface area contributed by atoms with Crippen molar-refractivity contribution in [2.24, 2.45) is 0 Å². The van der Waals surface area contributed by atoms with Gasteiger partial charge in [0.1, 0.15) is 5.75 Å². The fraction of sp³-hybridized carbons (Fsp3) is 0.409. The van der Waals surface area contributed by atoms with Crippen LogP contribution in [0.25, 0.3) is 0 Å². The lowest BCUT2D eigenvalue weighted by Gasteiger charge is -2.21. The molecule has 0 saturated carbocycles. The number of carbonyl (C=O) groups is 1. The van der Waals surface area contributed by atoms with Crippen molar-refractivity contribution < 1.29 is 9.53 Å². The van der Waals surface area contributed by atoms with Crippen molar-refractivity contribution >= 4 is 5.91 Å². The Balaban J connectivity index is 2.05. The van der Waals surface area contributed by atoms with Crippen LogP contribution in [0, 0.1) is 27.7 Å². The molecule has 0 aromatic heterocycles. The summed E-state index contributed by atoms with van der Waals surface area (Å²) in [6.07, 6.45) is 0.134. The summed E-state index contributed by atoms with van der Waals surface area (Å²) in [5.41, 5.74) is 5.98. The van der Waals surface area contributed by atoms with Crippen molar-refractivity contribution in [2.45, 2.75) is 60.1 Å². The van der Waals surface area contributed by atoms with E-state index in [-0.39, 0.29) is 11.9 Å². The highest BCUT2D eigenvalue weighted by Crippen LogP contribution is 2.20. The van der Waals surface area contributed by atoms with E-state index in [0.717, 1.165) is 16.9 Å². The molecule has 2 atom stereocenters. The zero-order valence-electron chi connectivity index (χ0n) is 16.1. The lowest BCUT2D eigenvalue weighted by Crippen LogP contribution is -2.39. The molecule has 1 N–H and O–H groups in total. The van der Waals surface area contributed by atoms with Crippen LogP contribution in [-0.4, -0.2) is 12.0 Å². The van der Waals surface area contributed by atoms with E-state index in [1.807, 2.05) is 39.0 Å². The van der Waals surface area contributed by atoms with Crippen LogP contribution >= 0.6 is 0 Å². The molecule has 0 saturated heterocycles. The molecular weight excluding hydrogens is 310 g/mol. The molecule has 0 aliphatic rings. The molecule has 1 amide bonds. The van der Waals surface area contributed by atoms with Crippen molar-refractivity contribution in [3.63, 3.8) is 0 Å². The van der Waals surface area contributed by atoms with Gasteiger partial charge in [0.05, 0.1) is 6.04 Å². The van der Waals surface area contributed by atoms with Crippen LogP contribution in [0.3, 0.4) is 0 Å². The van der Waals surface area contributed by atoms with Gasteiger partial charge >= 0.3 is 0 Å². The van der Waals surface area contributed by atoms with Crippen molar-refractivity contribution in [3.05, 3.63) is 64.2 Å². The number of hydrogen-bond acceptors (Lipinski definition) is 2. The monoisotopic (exact) mass is 339 g/mol. The highest BCUT2D eigenvalue weighted by molar-refractivity contribution is 5.81. The van der Waals surface area contributed by atoms with Crippen molar-refractivity contribution in [1.29, 1.82) is 0 Å². The van der Waals surface area contributed by atoms with Gasteiger partial charge in [0.25, 0.3) is 5.91 Å². The lowest BCUT2D eigenvalue weighted by atomic mass is 10.0. The van der Waals surface area contributed by atoms with Gasteiger partial charge in [-0.2, -0.15) is 0 Å². The summed E-state index contributed by atoms with van der Waals surface area (Å²) >= 11 is 0. The summed E-state index contributed by atoms with van der Waals surface area (Å²) in [4.78, 5) is 12.6. The van der Waals surface area contributed by atoms with Crippen LogP contribution in [-0.2, 0) is 4.79 Å². The predicted octanol–water partition coefficient (Wildman–Crippen LogP) is 4.96. The molecule has 25 heavy (non-hydrogen) atoms. The van der Waals surface area contributed by atoms with Gasteiger partial charge in [-0.1, -0.05) is 31.2 Å². The van der Waals surface area contributed by atoms with Crippen LogP contribution in [0.5, 0.6) is 5.75 Å². The summed E-state index contributed by atoms with van der Waals surface area (Å²) < 4.78 is 5.93. The largest absolute Gasteiger partial charge is 0.481 e. The highest BCUT2D eigenvalue weighted by Gasteiger charge is 2.21. The number of ether oxygens (including phenoxy) is 1. The van der Waals surface area contributed by atoms with Gasteiger partial charge in [-0.15, -0.1) is 0 Å². The van der Waals surface area contributed by atoms with E-state index in [0.29, 0.717) is 6.42 Å². The van der Waals surface area contributed by atoms with E-state index >= 15 is 0 Å². The van der Waals surface area contributed by atoms with E-state index in [2.05, 4.69) is 44.3 Å². The molecule has 0 bridgehead atoms. The van der Waals surface area contributed by atoms with Crippen LogP contribution in [0.2, 0.25) is 0 Å². The first-order valence-electron chi connectivity index (χ1n) is 8.93. The maximum absolute atomic E-state index is 12.6. The molecule has 0 radical (unpaired) electrons. The Hall–Kier alpha value is -2.29. The maximum atomic E-state index is 12.6. The lowest BCUT2D eigenvalue weighted by molar-refractivity contribution is -0.128. The average molecular weight is 339 g/mol. The Labute approximate surface area is 151 Å². The summed E-state index contributed by atoms with van der Waals surface area (Å²) in [6, 6.07) is 12.2. The molecular formula is C22H29NO2. The Bertz CT molecular complexity index is 752. The van der Waals surface area contributed by atoms with Gasteiger partial charge in [0.15, 0.2) is 6.10 Å². The molecule has 0 heterocycles. The van der Waals surface area contributed by atoms with Crippen molar-refractivity contribution in [3.8, 4) is 5.75 Å². The number of amides is 1. The topological polar surface area (TPSA) is 38.3 Å². The number of hydrogen-bond donors (Lipinski definition) is 1. The van der Waals surface area contributed by atoms with Gasteiger partial charge < -0.3 is 10.1 Å². The fourth-order valence-corrected chi connectivity index (χ4v) is 2.70. The zero-order chi connectivity index (χ0) is 18.6. The van der Waals surface area contributed by atoms with E-state index in [4.69, 9.17) is 4.74 Å². The summed E-state index contributed by atoms with van der Waals surface area (Å²) in [5.74, 6) is 0.662. The average Bonchev–Trinajstić information content (AvgIpc) is 2.58. The minimum atomic E-state index is -0.490. The number of nitrogens with one attached hydrogen (secondary N) is 1. The molecule has 0 aliphatic carbocycles. The summed E-state index contributed by atoms with van der Waals surface area (Å²) in [6.45, 7) is 12.3. The van der Waals surface area contributed by atoms with Crippen LogP contribution in [0.4, 0.5) is 0 Å². The van der Waals surface area contributed by atoms with E-state index in [9.17, 15) is 4.79 Å². The molecule has 3 nitrogen and oxygen atoms in total. The number of benzene rings is 2. The van der Waals surface area contributed by atoms with Crippen LogP contribution in [0.15, 0.2) is 36.4 Å². The van der Waals surface area contributed by atoms with E-state index in [1.54, 1.807) is 0 Å². The Morgan fingerprint density at radius 1 is 0.960 bits per heavy atom.